The Morgan fingerprint density at radius 3 is 2.10 bits per heavy atom. The molecule has 0 atom stereocenters. The molecule has 0 bridgehead atoms. The Kier molecular flexibility index (Phi) is 14.2. The van der Waals surface area contributed by atoms with Crippen molar-refractivity contribution in [3.8, 4) is 22.6 Å². The lowest BCUT2D eigenvalue weighted by atomic mass is 9.97. The largest absolute Gasteiger partial charge is 0.354 e. The van der Waals surface area contributed by atoms with E-state index in [0.29, 0.717) is 5.95 Å². The Balaban J connectivity index is 0.000000748. The zero-order valence-corrected chi connectivity index (χ0v) is 26.3. The average molecular weight is 530 g/mol. The Morgan fingerprint density at radius 1 is 0.949 bits per heavy atom. The fourth-order valence-electron chi connectivity index (χ4n) is 3.38. The Morgan fingerprint density at radius 2 is 1.56 bits per heavy atom. The van der Waals surface area contributed by atoms with E-state index in [-0.39, 0.29) is 5.41 Å². The van der Waals surface area contributed by atoms with Crippen molar-refractivity contribution in [2.24, 2.45) is 5.41 Å². The molecule has 0 unspecified atom stereocenters. The molecule has 3 heterocycles. The van der Waals surface area contributed by atoms with Crippen LogP contribution in [-0.4, -0.2) is 25.9 Å². The summed E-state index contributed by atoms with van der Waals surface area (Å²) in [4.78, 5) is 14.2. The van der Waals surface area contributed by atoms with Gasteiger partial charge in [-0.05, 0) is 55.9 Å². The summed E-state index contributed by atoms with van der Waals surface area (Å²) in [7, 11) is 0. The molecule has 0 aliphatic carbocycles. The minimum Gasteiger partial charge on any atom is -0.354 e. The molecule has 5 heteroatoms. The second kappa shape index (κ2) is 16.5. The number of rotatable bonds is 6. The number of aryl methyl sites for hydroxylation is 2. The van der Waals surface area contributed by atoms with Gasteiger partial charge in [-0.3, -0.25) is 4.40 Å². The lowest BCUT2D eigenvalue weighted by Crippen LogP contribution is -2.20. The van der Waals surface area contributed by atoms with Crippen LogP contribution < -0.4 is 5.32 Å². The first-order valence-corrected chi connectivity index (χ1v) is 14.4. The van der Waals surface area contributed by atoms with Crippen molar-refractivity contribution in [3.63, 3.8) is 0 Å². The fraction of sp³-hybridized carbons (Fsp3) is 0.441. The minimum absolute atomic E-state index is 0.145. The van der Waals surface area contributed by atoms with Gasteiger partial charge in [0, 0.05) is 24.5 Å². The average Bonchev–Trinajstić information content (AvgIpc) is 3.33. The predicted molar refractivity (Wildman–Crippen MR) is 172 cm³/mol. The lowest BCUT2D eigenvalue weighted by molar-refractivity contribution is 0.442. The van der Waals surface area contributed by atoms with Crippen molar-refractivity contribution in [2.45, 2.75) is 89.0 Å². The normalized spacial score (nSPS) is 10.3. The van der Waals surface area contributed by atoms with Crippen molar-refractivity contribution in [2.75, 3.05) is 11.9 Å². The van der Waals surface area contributed by atoms with E-state index in [1.54, 1.807) is 0 Å². The second-order valence-electron chi connectivity index (χ2n) is 10.3. The molecule has 4 aromatic rings. The lowest BCUT2D eigenvalue weighted by Gasteiger charge is -2.18. The SMILES string of the molecule is C=C(C)CC.CC.CC.CCc1ccn2c(-c3ccnc(NCC(C)(C)C)n3)c(-c3ccc(C)cc3)nc2c1. The maximum Gasteiger partial charge on any atom is 0.223 e. The third-order valence-corrected chi connectivity index (χ3v) is 5.70. The fourth-order valence-corrected chi connectivity index (χ4v) is 3.38. The Bertz CT molecular complexity index is 1280. The van der Waals surface area contributed by atoms with Crippen molar-refractivity contribution >= 4 is 11.6 Å². The molecule has 212 valence electrons. The number of imidazole rings is 1. The van der Waals surface area contributed by atoms with Crippen molar-refractivity contribution in [3.05, 3.63) is 78.1 Å². The van der Waals surface area contributed by atoms with Crippen LogP contribution in [0.1, 0.15) is 86.8 Å². The van der Waals surface area contributed by atoms with Crippen LogP contribution in [0.5, 0.6) is 0 Å². The van der Waals surface area contributed by atoms with Gasteiger partial charge in [-0.1, -0.05) is 97.7 Å². The highest BCUT2D eigenvalue weighted by molar-refractivity contribution is 5.81. The highest BCUT2D eigenvalue weighted by Crippen LogP contribution is 2.32. The van der Waals surface area contributed by atoms with Crippen LogP contribution in [0.3, 0.4) is 0 Å². The number of hydrogen-bond donors (Lipinski definition) is 1. The summed E-state index contributed by atoms with van der Waals surface area (Å²) < 4.78 is 2.13. The Labute approximate surface area is 237 Å². The molecule has 0 aliphatic rings. The molecule has 3 aromatic heterocycles. The number of anilines is 1. The molecule has 1 aromatic carbocycles. The number of aromatic nitrogens is 4. The molecule has 0 aliphatic heterocycles. The molecule has 0 fully saturated rings. The van der Waals surface area contributed by atoms with Gasteiger partial charge >= 0.3 is 0 Å². The number of benzene rings is 1. The molecule has 5 nitrogen and oxygen atoms in total. The smallest absolute Gasteiger partial charge is 0.223 e. The van der Waals surface area contributed by atoms with Crippen molar-refractivity contribution in [1.82, 2.24) is 19.4 Å². The summed E-state index contributed by atoms with van der Waals surface area (Å²) in [6, 6.07) is 14.8. The summed E-state index contributed by atoms with van der Waals surface area (Å²) in [5.74, 6) is 0.636. The Hall–Kier alpha value is -3.47. The summed E-state index contributed by atoms with van der Waals surface area (Å²) in [6.45, 7) is 27.4. The topological polar surface area (TPSA) is 55.1 Å². The highest BCUT2D eigenvalue weighted by Gasteiger charge is 2.18. The number of nitrogens with one attached hydrogen (secondary N) is 1. The zero-order chi connectivity index (χ0) is 29.6. The maximum absolute atomic E-state index is 4.99. The minimum atomic E-state index is 0.145. The molecule has 39 heavy (non-hydrogen) atoms. The standard InChI is InChI=1S/C25H29N5.C5H10.2C2H6/c1-6-18-12-14-30-21(15-18)29-22(19-9-7-17(2)8-10-19)23(30)20-11-13-26-24(28-20)27-16-25(3,4)5;1-4-5(2)3;2*1-2/h7-15H,6,16H2,1-5H3,(H,26,27,28);2,4H2,1,3H3;2*1-2H3. The van der Waals surface area contributed by atoms with Crippen LogP contribution in [0.4, 0.5) is 5.95 Å². The highest BCUT2D eigenvalue weighted by atomic mass is 15.1. The van der Waals surface area contributed by atoms with E-state index in [4.69, 9.17) is 9.97 Å². The van der Waals surface area contributed by atoms with Gasteiger partial charge in [0.15, 0.2) is 0 Å². The van der Waals surface area contributed by atoms with Crippen molar-refractivity contribution in [1.29, 1.82) is 0 Å². The molecule has 0 saturated heterocycles. The zero-order valence-electron chi connectivity index (χ0n) is 26.3. The number of fused-ring (bicyclic) bond motifs is 1. The third-order valence-electron chi connectivity index (χ3n) is 5.70. The molecule has 1 N–H and O–H groups in total. The van der Waals surface area contributed by atoms with Gasteiger partial charge < -0.3 is 5.32 Å². The molecule has 0 amide bonds. The van der Waals surface area contributed by atoms with Gasteiger partial charge in [-0.25, -0.2) is 15.0 Å². The summed E-state index contributed by atoms with van der Waals surface area (Å²) in [6.07, 6.45) is 6.00. The van der Waals surface area contributed by atoms with Crippen LogP contribution in [0.25, 0.3) is 28.3 Å². The van der Waals surface area contributed by atoms with Crippen LogP contribution in [0, 0.1) is 12.3 Å². The van der Waals surface area contributed by atoms with Crippen molar-refractivity contribution < 1.29 is 0 Å². The number of allylic oxidation sites excluding steroid dienone is 1. The van der Waals surface area contributed by atoms with Crippen LogP contribution >= 0.6 is 0 Å². The van der Waals surface area contributed by atoms with E-state index in [1.807, 2.05) is 46.9 Å². The van der Waals surface area contributed by atoms with Gasteiger partial charge in [0.2, 0.25) is 5.95 Å². The number of pyridine rings is 1. The molecular formula is C34H51N5. The van der Waals surface area contributed by atoms with Gasteiger partial charge in [0.05, 0.1) is 17.1 Å². The van der Waals surface area contributed by atoms with Crippen LogP contribution in [0.2, 0.25) is 0 Å². The van der Waals surface area contributed by atoms with Gasteiger partial charge in [0.1, 0.15) is 5.65 Å². The summed E-state index contributed by atoms with van der Waals surface area (Å²) >= 11 is 0. The van der Waals surface area contributed by atoms with Gasteiger partial charge in [-0.2, -0.15) is 0 Å². The van der Waals surface area contributed by atoms with Crippen LogP contribution in [0.15, 0.2) is 67.0 Å². The van der Waals surface area contributed by atoms with E-state index < -0.39 is 0 Å². The van der Waals surface area contributed by atoms with Gasteiger partial charge in [-0.15, -0.1) is 6.58 Å². The first kappa shape index (κ1) is 33.6. The van der Waals surface area contributed by atoms with Gasteiger partial charge in [0.25, 0.3) is 0 Å². The molecule has 0 radical (unpaired) electrons. The monoisotopic (exact) mass is 529 g/mol. The number of hydrogen-bond acceptors (Lipinski definition) is 4. The third kappa shape index (κ3) is 10.3. The van der Waals surface area contributed by atoms with E-state index in [2.05, 4.69) is 105 Å². The first-order valence-electron chi connectivity index (χ1n) is 14.4. The number of nitrogens with zero attached hydrogens (tertiary/aromatic N) is 4. The van der Waals surface area contributed by atoms with E-state index in [1.165, 1.54) is 16.7 Å². The maximum atomic E-state index is 4.99. The predicted octanol–water partition coefficient (Wildman–Crippen LogP) is 9.81. The molecule has 4 rings (SSSR count). The molecular weight excluding hydrogens is 478 g/mol. The summed E-state index contributed by atoms with van der Waals surface area (Å²) in [5.41, 5.74) is 8.69. The van der Waals surface area contributed by atoms with E-state index >= 15 is 0 Å². The van der Waals surface area contributed by atoms with Crippen LogP contribution in [-0.2, 0) is 6.42 Å². The molecule has 0 spiro atoms. The second-order valence-corrected chi connectivity index (χ2v) is 10.3. The summed E-state index contributed by atoms with van der Waals surface area (Å²) in [5, 5.41) is 3.37. The first-order chi connectivity index (χ1) is 18.6. The van der Waals surface area contributed by atoms with E-state index in [9.17, 15) is 0 Å². The van der Waals surface area contributed by atoms with E-state index in [0.717, 1.165) is 47.7 Å². The quantitative estimate of drug-likeness (QED) is 0.253. The molecule has 0 saturated carbocycles.